The van der Waals surface area contributed by atoms with Crippen LogP contribution in [0.15, 0.2) is 12.3 Å². The average molecular weight is 244 g/mol. The van der Waals surface area contributed by atoms with E-state index < -0.39 is 5.97 Å². The fraction of sp³-hybridized carbons (Fsp3) is 0.400. The number of pyridine rings is 1. The Morgan fingerprint density at radius 3 is 3.06 bits per heavy atom. The molecule has 2 heterocycles. The van der Waals surface area contributed by atoms with Crippen molar-refractivity contribution in [1.29, 1.82) is 0 Å². The zero-order valence-electron chi connectivity index (χ0n) is 8.35. The molecule has 0 bridgehead atoms. The second kappa shape index (κ2) is 4.67. The summed E-state index contributed by atoms with van der Waals surface area (Å²) in [6, 6.07) is 1.32. The highest BCUT2D eigenvalue weighted by Gasteiger charge is 2.19. The first-order chi connectivity index (χ1) is 7.66. The molecule has 1 aliphatic heterocycles. The Bertz CT molecular complexity index is 404. The number of carbonyl (C=O) groups is 1. The van der Waals surface area contributed by atoms with Gasteiger partial charge in [-0.25, -0.2) is 9.78 Å². The van der Waals surface area contributed by atoms with E-state index in [0.717, 1.165) is 6.42 Å². The van der Waals surface area contributed by atoms with Gasteiger partial charge in [0.1, 0.15) is 11.1 Å². The maximum atomic E-state index is 10.6. The monoisotopic (exact) mass is 243 g/mol. The van der Waals surface area contributed by atoms with Gasteiger partial charge in [0.15, 0.2) is 0 Å². The highest BCUT2D eigenvalue weighted by Crippen LogP contribution is 2.24. The van der Waals surface area contributed by atoms with Crippen LogP contribution in [0.2, 0.25) is 5.02 Å². The van der Waals surface area contributed by atoms with Gasteiger partial charge in [-0.1, -0.05) is 11.6 Å². The Hall–Kier alpha value is -1.33. The lowest BCUT2D eigenvalue weighted by Gasteiger charge is -2.11. The van der Waals surface area contributed by atoms with Gasteiger partial charge >= 0.3 is 5.97 Å². The zero-order chi connectivity index (χ0) is 11.5. The SMILES string of the molecule is O=C(O)c1cnc(O[C@H]2CCOC2)c(Cl)c1. The van der Waals surface area contributed by atoms with Crippen molar-refractivity contribution in [2.75, 3.05) is 13.2 Å². The lowest BCUT2D eigenvalue weighted by atomic mass is 10.3. The van der Waals surface area contributed by atoms with Crippen molar-refractivity contribution in [1.82, 2.24) is 4.98 Å². The van der Waals surface area contributed by atoms with Crippen molar-refractivity contribution >= 4 is 17.6 Å². The van der Waals surface area contributed by atoms with Crippen LogP contribution in [-0.4, -0.2) is 35.4 Å². The molecule has 1 N–H and O–H groups in total. The molecule has 5 nitrogen and oxygen atoms in total. The second-order valence-corrected chi connectivity index (χ2v) is 3.83. The molecule has 6 heteroatoms. The number of nitrogens with zero attached hydrogens (tertiary/aromatic N) is 1. The number of ether oxygens (including phenoxy) is 2. The van der Waals surface area contributed by atoms with Crippen LogP contribution in [0.1, 0.15) is 16.8 Å². The standard InChI is InChI=1S/C10H10ClNO4/c11-8-3-6(10(13)14)4-12-9(8)16-7-1-2-15-5-7/h3-4,7H,1-2,5H2,(H,13,14)/t7-/m0/s1. The van der Waals surface area contributed by atoms with Crippen LogP contribution in [0.5, 0.6) is 5.88 Å². The van der Waals surface area contributed by atoms with E-state index >= 15 is 0 Å². The molecule has 86 valence electrons. The van der Waals surface area contributed by atoms with Crippen LogP contribution in [-0.2, 0) is 4.74 Å². The summed E-state index contributed by atoms with van der Waals surface area (Å²) in [5, 5.41) is 8.93. The lowest BCUT2D eigenvalue weighted by Crippen LogP contribution is -2.16. The van der Waals surface area contributed by atoms with E-state index in [1.165, 1.54) is 12.3 Å². The van der Waals surface area contributed by atoms with Crippen LogP contribution >= 0.6 is 11.6 Å². The maximum absolute atomic E-state index is 10.6. The third-order valence-corrected chi connectivity index (χ3v) is 2.49. The molecule has 0 amide bonds. The topological polar surface area (TPSA) is 68.7 Å². The minimum atomic E-state index is -1.06. The molecule has 16 heavy (non-hydrogen) atoms. The Balaban J connectivity index is 2.12. The number of carboxylic acid groups (broad SMARTS) is 1. The van der Waals surface area contributed by atoms with Crippen molar-refractivity contribution in [3.8, 4) is 5.88 Å². The molecule has 1 aromatic rings. The predicted octanol–water partition coefficient (Wildman–Crippen LogP) is 1.60. The van der Waals surface area contributed by atoms with Crippen molar-refractivity contribution in [2.45, 2.75) is 12.5 Å². The number of hydrogen-bond acceptors (Lipinski definition) is 4. The van der Waals surface area contributed by atoms with Gasteiger partial charge in [-0.3, -0.25) is 0 Å². The van der Waals surface area contributed by atoms with Crippen LogP contribution in [0.4, 0.5) is 0 Å². The molecule has 0 aliphatic carbocycles. The van der Waals surface area contributed by atoms with E-state index in [0.29, 0.717) is 13.2 Å². The van der Waals surface area contributed by atoms with Gasteiger partial charge < -0.3 is 14.6 Å². The zero-order valence-corrected chi connectivity index (χ0v) is 9.11. The minimum Gasteiger partial charge on any atom is -0.478 e. The van der Waals surface area contributed by atoms with E-state index in [1.807, 2.05) is 0 Å². The van der Waals surface area contributed by atoms with Crippen molar-refractivity contribution in [3.05, 3.63) is 22.8 Å². The molecule has 1 fully saturated rings. The molecule has 0 spiro atoms. The van der Waals surface area contributed by atoms with E-state index in [1.54, 1.807) is 0 Å². The summed E-state index contributed by atoms with van der Waals surface area (Å²) in [6.45, 7) is 1.17. The summed E-state index contributed by atoms with van der Waals surface area (Å²) < 4.78 is 10.6. The number of hydrogen-bond donors (Lipinski definition) is 1. The van der Waals surface area contributed by atoms with E-state index in [4.69, 9.17) is 26.2 Å². The highest BCUT2D eigenvalue weighted by molar-refractivity contribution is 6.32. The Morgan fingerprint density at radius 1 is 1.69 bits per heavy atom. The fourth-order valence-corrected chi connectivity index (χ4v) is 1.60. The molecule has 1 aliphatic rings. The van der Waals surface area contributed by atoms with Gasteiger partial charge in [-0.15, -0.1) is 0 Å². The quantitative estimate of drug-likeness (QED) is 0.873. The van der Waals surface area contributed by atoms with Crippen LogP contribution in [0.25, 0.3) is 0 Å². The second-order valence-electron chi connectivity index (χ2n) is 3.42. The number of halogens is 1. The van der Waals surface area contributed by atoms with E-state index in [-0.39, 0.29) is 22.6 Å². The van der Waals surface area contributed by atoms with Crippen molar-refractivity contribution in [2.24, 2.45) is 0 Å². The van der Waals surface area contributed by atoms with E-state index in [2.05, 4.69) is 4.98 Å². The first-order valence-corrected chi connectivity index (χ1v) is 5.18. The lowest BCUT2D eigenvalue weighted by molar-refractivity contribution is 0.0696. The first-order valence-electron chi connectivity index (χ1n) is 4.80. The summed E-state index contributed by atoms with van der Waals surface area (Å²) in [4.78, 5) is 14.5. The van der Waals surface area contributed by atoms with Crippen LogP contribution < -0.4 is 4.74 Å². The molecule has 0 radical (unpaired) electrons. The minimum absolute atomic E-state index is 0.0417. The molecule has 0 saturated carbocycles. The maximum Gasteiger partial charge on any atom is 0.337 e. The summed E-state index contributed by atoms with van der Waals surface area (Å²) >= 11 is 5.86. The van der Waals surface area contributed by atoms with Gasteiger partial charge in [0, 0.05) is 12.6 Å². The fourth-order valence-electron chi connectivity index (χ4n) is 1.39. The molecule has 1 saturated heterocycles. The van der Waals surface area contributed by atoms with Gasteiger partial charge in [-0.05, 0) is 6.07 Å². The summed E-state index contributed by atoms with van der Waals surface area (Å²) in [7, 11) is 0. The Morgan fingerprint density at radius 2 is 2.50 bits per heavy atom. The number of aromatic carboxylic acids is 1. The van der Waals surface area contributed by atoms with Crippen LogP contribution in [0.3, 0.4) is 0 Å². The smallest absolute Gasteiger partial charge is 0.337 e. The summed E-state index contributed by atoms with van der Waals surface area (Å²) in [5.41, 5.74) is 0.0417. The molecule has 0 unspecified atom stereocenters. The largest absolute Gasteiger partial charge is 0.478 e. The first kappa shape index (κ1) is 11.2. The summed E-state index contributed by atoms with van der Waals surface area (Å²) in [5.74, 6) is -0.813. The van der Waals surface area contributed by atoms with Gasteiger partial charge in [-0.2, -0.15) is 0 Å². The molecular weight excluding hydrogens is 234 g/mol. The van der Waals surface area contributed by atoms with Gasteiger partial charge in [0.2, 0.25) is 5.88 Å². The molecule has 0 aromatic carbocycles. The summed E-state index contributed by atoms with van der Waals surface area (Å²) in [6.07, 6.45) is 1.96. The van der Waals surface area contributed by atoms with Crippen molar-refractivity contribution < 1.29 is 19.4 Å². The Kier molecular flexibility index (Phi) is 3.26. The normalized spacial score (nSPS) is 19.7. The molecular formula is C10H10ClNO4. The molecule has 1 aromatic heterocycles. The van der Waals surface area contributed by atoms with Crippen LogP contribution in [0, 0.1) is 0 Å². The number of aromatic nitrogens is 1. The van der Waals surface area contributed by atoms with Gasteiger partial charge in [0.05, 0.1) is 18.8 Å². The number of rotatable bonds is 3. The third kappa shape index (κ3) is 2.43. The average Bonchev–Trinajstić information content (AvgIpc) is 2.73. The Labute approximate surface area is 97.0 Å². The predicted molar refractivity (Wildman–Crippen MR) is 56.1 cm³/mol. The van der Waals surface area contributed by atoms with Crippen molar-refractivity contribution in [3.63, 3.8) is 0 Å². The number of carboxylic acids is 1. The van der Waals surface area contributed by atoms with Gasteiger partial charge in [0.25, 0.3) is 0 Å². The molecule has 1 atom stereocenters. The van der Waals surface area contributed by atoms with E-state index in [9.17, 15) is 4.79 Å². The third-order valence-electron chi connectivity index (χ3n) is 2.22. The highest BCUT2D eigenvalue weighted by atomic mass is 35.5. The molecule has 2 rings (SSSR count).